The highest BCUT2D eigenvalue weighted by atomic mass is 16.7. The molecular formula is C20H28N2O4. The zero-order chi connectivity index (χ0) is 19.0. The summed E-state index contributed by atoms with van der Waals surface area (Å²) in [5.74, 6) is 1.23. The van der Waals surface area contributed by atoms with Crippen molar-refractivity contribution < 1.29 is 18.9 Å². The van der Waals surface area contributed by atoms with E-state index in [9.17, 15) is 4.79 Å². The first-order chi connectivity index (χ1) is 12.4. The van der Waals surface area contributed by atoms with Gasteiger partial charge in [0.15, 0.2) is 5.76 Å². The van der Waals surface area contributed by atoms with Crippen molar-refractivity contribution >= 4 is 6.41 Å². The average Bonchev–Trinajstić information content (AvgIpc) is 3.01. The number of unbranched alkanes of at least 4 members (excludes halogenated alkanes) is 1. The van der Waals surface area contributed by atoms with Gasteiger partial charge in [0.2, 0.25) is 6.41 Å². The number of hydroxylamine groups is 2. The van der Waals surface area contributed by atoms with E-state index in [4.69, 9.17) is 14.1 Å². The Balaban J connectivity index is 2.06. The summed E-state index contributed by atoms with van der Waals surface area (Å²) in [6.45, 7) is 8.38. The Labute approximate surface area is 155 Å². The Kier molecular flexibility index (Phi) is 7.21. The molecule has 0 radical (unpaired) electrons. The number of hydrogen-bond acceptors (Lipinski definition) is 5. The fourth-order valence-electron chi connectivity index (χ4n) is 2.50. The molecule has 142 valence electrons. The van der Waals surface area contributed by atoms with Gasteiger partial charge in [-0.25, -0.2) is 5.06 Å². The number of carbonyl (C=O) groups excluding carboxylic acids is 1. The van der Waals surface area contributed by atoms with Crippen molar-refractivity contribution in [3.8, 4) is 17.2 Å². The molecule has 1 aromatic carbocycles. The number of hydrogen-bond donors (Lipinski definition) is 0. The quantitative estimate of drug-likeness (QED) is 0.468. The third kappa shape index (κ3) is 5.88. The molecule has 0 aliphatic heterocycles. The van der Waals surface area contributed by atoms with Gasteiger partial charge in [-0.15, -0.1) is 0 Å². The minimum Gasteiger partial charge on any atom is -0.473 e. The topological polar surface area (TPSA) is 64.8 Å². The van der Waals surface area contributed by atoms with Crippen LogP contribution in [0.15, 0.2) is 34.9 Å². The number of ether oxygens (including phenoxy) is 1. The van der Waals surface area contributed by atoms with Crippen LogP contribution < -0.4 is 4.74 Å². The van der Waals surface area contributed by atoms with Crippen molar-refractivity contribution in [2.45, 2.75) is 52.6 Å². The molecule has 0 spiro atoms. The highest BCUT2D eigenvalue weighted by molar-refractivity contribution is 5.63. The number of rotatable bonds is 10. The van der Waals surface area contributed by atoms with E-state index >= 15 is 0 Å². The van der Waals surface area contributed by atoms with E-state index < -0.39 is 5.60 Å². The van der Waals surface area contributed by atoms with Crippen molar-refractivity contribution in [1.29, 1.82) is 0 Å². The minimum absolute atomic E-state index is 0.273. The van der Waals surface area contributed by atoms with E-state index in [1.807, 2.05) is 51.1 Å². The first kappa shape index (κ1) is 20.0. The normalized spacial score (nSPS) is 11.4. The monoisotopic (exact) mass is 360 g/mol. The molecule has 1 aromatic heterocycles. The maximum Gasteiger partial charge on any atom is 0.258 e. The summed E-state index contributed by atoms with van der Waals surface area (Å²) in [6, 6.07) is 9.88. The summed E-state index contributed by atoms with van der Waals surface area (Å²) in [6.07, 6.45) is 3.57. The van der Waals surface area contributed by atoms with Gasteiger partial charge < -0.3 is 9.26 Å². The molecule has 0 aliphatic carbocycles. The van der Waals surface area contributed by atoms with E-state index in [1.165, 1.54) is 5.06 Å². The SMILES string of the molecule is CCCCc1c(OCCN(C=O)OC(C)(C)C)noc1-c1ccccc1. The summed E-state index contributed by atoms with van der Waals surface area (Å²) in [4.78, 5) is 16.7. The van der Waals surface area contributed by atoms with Gasteiger partial charge in [-0.2, -0.15) is 0 Å². The van der Waals surface area contributed by atoms with Crippen LogP contribution in [0.25, 0.3) is 11.3 Å². The van der Waals surface area contributed by atoms with Crippen LogP contribution in [0.1, 0.15) is 46.1 Å². The van der Waals surface area contributed by atoms with Gasteiger partial charge in [0.25, 0.3) is 5.88 Å². The van der Waals surface area contributed by atoms with Crippen LogP contribution in [0, 0.1) is 0 Å². The number of amides is 1. The minimum atomic E-state index is -0.443. The molecule has 1 amide bonds. The third-order valence-corrected chi connectivity index (χ3v) is 3.63. The maximum atomic E-state index is 11.1. The van der Waals surface area contributed by atoms with Gasteiger partial charge in [-0.1, -0.05) is 43.7 Å². The Hall–Kier alpha value is -2.34. The molecule has 0 unspecified atom stereocenters. The smallest absolute Gasteiger partial charge is 0.258 e. The van der Waals surface area contributed by atoms with Crippen molar-refractivity contribution in [3.63, 3.8) is 0 Å². The second kappa shape index (κ2) is 9.38. The fraction of sp³-hybridized carbons (Fsp3) is 0.500. The highest BCUT2D eigenvalue weighted by Crippen LogP contribution is 2.32. The third-order valence-electron chi connectivity index (χ3n) is 3.63. The fourth-order valence-corrected chi connectivity index (χ4v) is 2.50. The molecule has 0 atom stereocenters. The highest BCUT2D eigenvalue weighted by Gasteiger charge is 2.20. The summed E-state index contributed by atoms with van der Waals surface area (Å²) in [5, 5.41) is 5.34. The molecule has 2 aromatic rings. The second-order valence-electron chi connectivity index (χ2n) is 7.06. The van der Waals surface area contributed by atoms with Crippen LogP contribution in [0.4, 0.5) is 0 Å². The molecule has 0 bridgehead atoms. The largest absolute Gasteiger partial charge is 0.473 e. The van der Waals surface area contributed by atoms with Crippen LogP contribution in [0.2, 0.25) is 0 Å². The van der Waals surface area contributed by atoms with E-state index in [0.717, 1.165) is 36.1 Å². The Morgan fingerprint density at radius 3 is 2.58 bits per heavy atom. The predicted molar refractivity (Wildman–Crippen MR) is 99.7 cm³/mol. The lowest BCUT2D eigenvalue weighted by Crippen LogP contribution is -2.35. The zero-order valence-electron chi connectivity index (χ0n) is 16.0. The van der Waals surface area contributed by atoms with Gasteiger partial charge in [-0.3, -0.25) is 9.63 Å². The summed E-state index contributed by atoms with van der Waals surface area (Å²) in [5.41, 5.74) is 1.50. The average molecular weight is 360 g/mol. The molecule has 6 heteroatoms. The van der Waals surface area contributed by atoms with E-state index in [0.29, 0.717) is 18.8 Å². The molecule has 0 saturated carbocycles. The van der Waals surface area contributed by atoms with Crippen molar-refractivity contribution in [2.75, 3.05) is 13.2 Å². The molecule has 0 aliphatic rings. The zero-order valence-corrected chi connectivity index (χ0v) is 16.0. The molecule has 0 fully saturated rings. The van der Waals surface area contributed by atoms with Gasteiger partial charge in [-0.05, 0) is 38.8 Å². The van der Waals surface area contributed by atoms with E-state index in [1.54, 1.807) is 0 Å². The molecule has 6 nitrogen and oxygen atoms in total. The van der Waals surface area contributed by atoms with Gasteiger partial charge in [0.05, 0.1) is 17.7 Å². The Bertz CT molecular complexity index is 677. The van der Waals surface area contributed by atoms with Crippen LogP contribution in [-0.4, -0.2) is 35.4 Å². The lowest BCUT2D eigenvalue weighted by molar-refractivity contribution is -0.217. The van der Waals surface area contributed by atoms with Crippen molar-refractivity contribution in [1.82, 2.24) is 10.2 Å². The number of benzene rings is 1. The molecular weight excluding hydrogens is 332 g/mol. The lowest BCUT2D eigenvalue weighted by Gasteiger charge is -2.26. The van der Waals surface area contributed by atoms with Crippen LogP contribution in [0.3, 0.4) is 0 Å². The van der Waals surface area contributed by atoms with Crippen LogP contribution in [0.5, 0.6) is 5.88 Å². The van der Waals surface area contributed by atoms with Crippen LogP contribution in [-0.2, 0) is 16.1 Å². The van der Waals surface area contributed by atoms with E-state index in [-0.39, 0.29) is 6.61 Å². The second-order valence-corrected chi connectivity index (χ2v) is 7.06. The van der Waals surface area contributed by atoms with Crippen molar-refractivity contribution in [2.24, 2.45) is 0 Å². The first-order valence-corrected chi connectivity index (χ1v) is 9.02. The number of nitrogens with zero attached hydrogens (tertiary/aromatic N) is 2. The van der Waals surface area contributed by atoms with Gasteiger partial charge in [0.1, 0.15) is 6.61 Å². The van der Waals surface area contributed by atoms with Crippen LogP contribution >= 0.6 is 0 Å². The summed E-state index contributed by atoms with van der Waals surface area (Å²) < 4.78 is 11.4. The standard InChI is InChI=1S/C20H28N2O4/c1-5-6-12-17-18(16-10-8-7-9-11-16)25-21-19(17)24-14-13-22(15-23)26-20(2,3)4/h7-11,15H,5-6,12-14H2,1-4H3. The summed E-state index contributed by atoms with van der Waals surface area (Å²) >= 11 is 0. The predicted octanol–water partition coefficient (Wildman–Crippen LogP) is 4.25. The molecule has 0 N–H and O–H groups in total. The molecule has 26 heavy (non-hydrogen) atoms. The van der Waals surface area contributed by atoms with Gasteiger partial charge >= 0.3 is 0 Å². The molecule has 1 heterocycles. The van der Waals surface area contributed by atoms with Gasteiger partial charge in [0, 0.05) is 5.56 Å². The Morgan fingerprint density at radius 1 is 1.23 bits per heavy atom. The number of aromatic nitrogens is 1. The Morgan fingerprint density at radius 2 is 1.96 bits per heavy atom. The van der Waals surface area contributed by atoms with Crippen molar-refractivity contribution in [3.05, 3.63) is 35.9 Å². The van der Waals surface area contributed by atoms with E-state index in [2.05, 4.69) is 12.1 Å². The number of carbonyl (C=O) groups is 1. The lowest BCUT2D eigenvalue weighted by atomic mass is 10.0. The summed E-state index contributed by atoms with van der Waals surface area (Å²) in [7, 11) is 0. The maximum absolute atomic E-state index is 11.1. The molecule has 2 rings (SSSR count). The first-order valence-electron chi connectivity index (χ1n) is 9.02. The molecule has 0 saturated heterocycles.